The van der Waals surface area contributed by atoms with Crippen molar-refractivity contribution in [2.24, 2.45) is 0 Å². The quantitative estimate of drug-likeness (QED) is 0.710. The largest absolute Gasteiger partial charge is 0.497 e. The van der Waals surface area contributed by atoms with Crippen molar-refractivity contribution in [3.8, 4) is 11.5 Å². The normalized spacial score (nSPS) is 11.7. The molecule has 25 heavy (non-hydrogen) atoms. The van der Waals surface area contributed by atoms with Crippen LogP contribution >= 0.6 is 12.2 Å². The molecule has 5 heteroatoms. The van der Waals surface area contributed by atoms with Crippen molar-refractivity contribution in [2.45, 2.75) is 32.7 Å². The number of anilines is 1. The molecule has 1 atom stereocenters. The number of hydrogen-bond acceptors (Lipinski definition) is 3. The van der Waals surface area contributed by atoms with Crippen molar-refractivity contribution in [3.63, 3.8) is 0 Å². The van der Waals surface area contributed by atoms with E-state index in [0.29, 0.717) is 17.6 Å². The second-order valence-corrected chi connectivity index (χ2v) is 6.67. The van der Waals surface area contributed by atoms with Crippen molar-refractivity contribution in [2.75, 3.05) is 19.0 Å². The van der Waals surface area contributed by atoms with Crippen LogP contribution in [0, 0.1) is 0 Å². The lowest BCUT2D eigenvalue weighted by Gasteiger charge is -2.18. The zero-order valence-corrected chi connectivity index (χ0v) is 16.0. The Morgan fingerprint density at radius 3 is 2.12 bits per heavy atom. The van der Waals surface area contributed by atoms with E-state index in [1.165, 1.54) is 5.56 Å². The first-order valence-corrected chi connectivity index (χ1v) is 8.83. The van der Waals surface area contributed by atoms with Crippen LogP contribution < -0.4 is 20.1 Å². The van der Waals surface area contributed by atoms with Gasteiger partial charge in [0.2, 0.25) is 0 Å². The highest BCUT2D eigenvalue weighted by Gasteiger charge is 2.06. The van der Waals surface area contributed by atoms with Gasteiger partial charge in [0.25, 0.3) is 0 Å². The highest BCUT2D eigenvalue weighted by Crippen LogP contribution is 2.18. The van der Waals surface area contributed by atoms with Crippen molar-refractivity contribution in [1.82, 2.24) is 5.32 Å². The molecule has 0 bridgehead atoms. The lowest BCUT2D eigenvalue weighted by molar-refractivity contribution is 0.286. The Morgan fingerprint density at radius 1 is 0.960 bits per heavy atom. The van der Waals surface area contributed by atoms with Gasteiger partial charge in [-0.2, -0.15) is 0 Å². The molecule has 0 heterocycles. The lowest BCUT2D eigenvalue weighted by atomic mass is 10.0. The molecule has 134 valence electrons. The third-order valence-corrected chi connectivity index (χ3v) is 3.99. The Hall–Kier alpha value is -2.27. The van der Waals surface area contributed by atoms with E-state index in [9.17, 15) is 0 Å². The first-order valence-electron chi connectivity index (χ1n) is 8.42. The summed E-state index contributed by atoms with van der Waals surface area (Å²) in [7, 11) is 1.65. The zero-order valence-electron chi connectivity index (χ0n) is 15.2. The maximum absolute atomic E-state index is 5.75. The summed E-state index contributed by atoms with van der Waals surface area (Å²) in [5, 5.41) is 7.02. The molecule has 2 aromatic rings. The highest BCUT2D eigenvalue weighted by molar-refractivity contribution is 7.80. The summed E-state index contributed by atoms with van der Waals surface area (Å²) in [5.74, 6) is 2.14. The van der Waals surface area contributed by atoms with Gasteiger partial charge in [0, 0.05) is 5.69 Å². The molecule has 0 aromatic heterocycles. The molecule has 2 rings (SSSR count). The molecular formula is C20H26N2O2S. The summed E-state index contributed by atoms with van der Waals surface area (Å²) in [4.78, 5) is 0. The predicted octanol–water partition coefficient (Wildman–Crippen LogP) is 4.57. The molecule has 0 radical (unpaired) electrons. The van der Waals surface area contributed by atoms with Crippen LogP contribution in [0.5, 0.6) is 11.5 Å². The fourth-order valence-electron chi connectivity index (χ4n) is 2.28. The zero-order chi connectivity index (χ0) is 18.2. The van der Waals surface area contributed by atoms with Gasteiger partial charge < -0.3 is 20.1 Å². The molecule has 0 spiro atoms. The van der Waals surface area contributed by atoms with Crippen molar-refractivity contribution in [3.05, 3.63) is 54.1 Å². The predicted molar refractivity (Wildman–Crippen MR) is 108 cm³/mol. The monoisotopic (exact) mass is 358 g/mol. The third-order valence-electron chi connectivity index (χ3n) is 3.77. The Bertz CT molecular complexity index is 669. The number of hydrogen-bond donors (Lipinski definition) is 2. The van der Waals surface area contributed by atoms with Gasteiger partial charge in [-0.3, -0.25) is 0 Å². The summed E-state index contributed by atoms with van der Waals surface area (Å²) < 4.78 is 10.9. The summed E-state index contributed by atoms with van der Waals surface area (Å²) in [6.07, 6.45) is 0. The summed E-state index contributed by atoms with van der Waals surface area (Å²) in [6.45, 7) is 6.90. The van der Waals surface area contributed by atoms with Crippen molar-refractivity contribution < 1.29 is 9.47 Å². The van der Waals surface area contributed by atoms with E-state index in [2.05, 4.69) is 36.6 Å². The topological polar surface area (TPSA) is 42.5 Å². The lowest BCUT2D eigenvalue weighted by Crippen LogP contribution is -2.39. The van der Waals surface area contributed by atoms with Gasteiger partial charge in [0.1, 0.15) is 18.1 Å². The van der Waals surface area contributed by atoms with Crippen LogP contribution in [0.3, 0.4) is 0 Å². The van der Waals surface area contributed by atoms with Crippen LogP contribution in [-0.2, 0) is 0 Å². The average molecular weight is 359 g/mol. The Kier molecular flexibility index (Phi) is 7.07. The minimum atomic E-state index is 0.0806. The number of nitrogens with one attached hydrogen (secondary N) is 2. The van der Waals surface area contributed by atoms with Gasteiger partial charge in [-0.1, -0.05) is 26.0 Å². The molecule has 0 amide bonds. The molecule has 0 saturated carbocycles. The average Bonchev–Trinajstić information content (AvgIpc) is 2.60. The molecule has 0 saturated heterocycles. The van der Waals surface area contributed by atoms with Crippen molar-refractivity contribution >= 4 is 23.0 Å². The maximum atomic E-state index is 5.75. The van der Waals surface area contributed by atoms with E-state index < -0.39 is 0 Å². The molecule has 0 aliphatic rings. The second-order valence-electron chi connectivity index (χ2n) is 6.26. The van der Waals surface area contributed by atoms with E-state index in [-0.39, 0.29) is 6.04 Å². The number of rotatable bonds is 7. The SMILES string of the molecule is COc1ccc(OC[C@H](C)NC(=S)Nc2ccc(C(C)C)cc2)cc1. The van der Waals surface area contributed by atoms with E-state index in [1.54, 1.807) is 7.11 Å². The fraction of sp³-hybridized carbons (Fsp3) is 0.350. The van der Waals surface area contributed by atoms with E-state index in [1.807, 2.05) is 43.3 Å². The Labute approximate surface area is 155 Å². The Morgan fingerprint density at radius 2 is 1.56 bits per heavy atom. The molecule has 0 aliphatic heterocycles. The first-order chi connectivity index (χ1) is 12.0. The Balaban J connectivity index is 1.77. The van der Waals surface area contributed by atoms with Crippen LogP contribution in [-0.4, -0.2) is 24.9 Å². The minimum absolute atomic E-state index is 0.0806. The molecule has 0 aliphatic carbocycles. The molecular weight excluding hydrogens is 332 g/mol. The van der Waals surface area contributed by atoms with Gasteiger partial charge in [0.15, 0.2) is 5.11 Å². The van der Waals surface area contributed by atoms with E-state index >= 15 is 0 Å². The second kappa shape index (κ2) is 9.28. The highest BCUT2D eigenvalue weighted by atomic mass is 32.1. The van der Waals surface area contributed by atoms with Gasteiger partial charge in [0.05, 0.1) is 13.2 Å². The van der Waals surface area contributed by atoms with Crippen LogP contribution in [0.25, 0.3) is 0 Å². The molecule has 2 N–H and O–H groups in total. The number of ether oxygens (including phenoxy) is 2. The first kappa shape index (κ1) is 19.1. The number of methoxy groups -OCH3 is 1. The van der Waals surface area contributed by atoms with Crippen LogP contribution in [0.2, 0.25) is 0 Å². The summed E-state index contributed by atoms with van der Waals surface area (Å²) in [5.41, 5.74) is 2.29. The van der Waals surface area contributed by atoms with Crippen molar-refractivity contribution in [1.29, 1.82) is 0 Å². The fourth-order valence-corrected chi connectivity index (χ4v) is 2.60. The maximum Gasteiger partial charge on any atom is 0.171 e. The van der Waals surface area contributed by atoms with E-state index in [0.717, 1.165) is 17.2 Å². The standard InChI is InChI=1S/C20H26N2O2S/c1-14(2)16-5-7-17(8-6-16)22-20(25)21-15(3)13-24-19-11-9-18(23-4)10-12-19/h5-12,14-15H,13H2,1-4H3,(H2,21,22,25)/t15-/m0/s1. The molecule has 4 nitrogen and oxygen atoms in total. The van der Waals surface area contributed by atoms with Crippen LogP contribution in [0.15, 0.2) is 48.5 Å². The third kappa shape index (κ3) is 6.27. The summed E-state index contributed by atoms with van der Waals surface area (Å²) in [6, 6.07) is 15.9. The summed E-state index contributed by atoms with van der Waals surface area (Å²) >= 11 is 5.37. The van der Waals surface area contributed by atoms with Gasteiger partial charge in [-0.05, 0) is 67.0 Å². The van der Waals surface area contributed by atoms with Gasteiger partial charge >= 0.3 is 0 Å². The minimum Gasteiger partial charge on any atom is -0.497 e. The van der Waals surface area contributed by atoms with Crippen LogP contribution in [0.1, 0.15) is 32.3 Å². The number of benzene rings is 2. The smallest absolute Gasteiger partial charge is 0.171 e. The number of thiocarbonyl (C=S) groups is 1. The molecule has 0 unspecified atom stereocenters. The van der Waals surface area contributed by atoms with Gasteiger partial charge in [-0.15, -0.1) is 0 Å². The van der Waals surface area contributed by atoms with Gasteiger partial charge in [-0.25, -0.2) is 0 Å². The van der Waals surface area contributed by atoms with Crippen LogP contribution in [0.4, 0.5) is 5.69 Å². The molecule has 0 fully saturated rings. The molecule has 2 aromatic carbocycles. The van der Waals surface area contributed by atoms with E-state index in [4.69, 9.17) is 21.7 Å².